The van der Waals surface area contributed by atoms with Crippen LogP contribution in [0.25, 0.3) is 0 Å². The summed E-state index contributed by atoms with van der Waals surface area (Å²) >= 11 is 5.61. The Labute approximate surface area is 122 Å². The van der Waals surface area contributed by atoms with Gasteiger partial charge in [-0.15, -0.1) is 0 Å². The Bertz CT molecular complexity index is 600. The summed E-state index contributed by atoms with van der Waals surface area (Å²) in [5, 5.41) is 17.3. The van der Waals surface area contributed by atoms with Crippen LogP contribution in [-0.4, -0.2) is 21.4 Å². The number of aryl methyl sites for hydroxylation is 1. The van der Waals surface area contributed by atoms with Crippen LogP contribution < -0.4 is 5.32 Å². The molecule has 0 aliphatic carbocycles. The first-order valence-corrected chi connectivity index (χ1v) is 6.68. The normalized spacial score (nSPS) is 12.7. The van der Waals surface area contributed by atoms with Crippen molar-refractivity contribution in [1.82, 2.24) is 15.1 Å². The van der Waals surface area contributed by atoms with Gasteiger partial charge >= 0.3 is 0 Å². The van der Waals surface area contributed by atoms with Crippen LogP contribution in [0.2, 0.25) is 5.02 Å². The lowest BCUT2D eigenvalue weighted by Crippen LogP contribution is -2.21. The molecule has 1 atom stereocenters. The quantitative estimate of drug-likeness (QED) is 0.891. The van der Waals surface area contributed by atoms with Crippen LogP contribution in [0.4, 0.5) is 4.39 Å². The van der Waals surface area contributed by atoms with Gasteiger partial charge in [0.05, 0.1) is 17.3 Å². The number of rotatable bonds is 5. The van der Waals surface area contributed by atoms with Crippen molar-refractivity contribution in [2.24, 2.45) is 7.05 Å². The van der Waals surface area contributed by atoms with E-state index in [0.717, 1.165) is 11.3 Å². The predicted octanol–water partition coefficient (Wildman–Crippen LogP) is 2.34. The summed E-state index contributed by atoms with van der Waals surface area (Å²) in [4.78, 5) is 0. The molecule has 0 saturated heterocycles. The maximum absolute atomic E-state index is 13.3. The number of aliphatic hydroxyl groups is 1. The van der Waals surface area contributed by atoms with Crippen molar-refractivity contribution in [2.75, 3.05) is 6.54 Å². The Morgan fingerprint density at radius 3 is 2.85 bits per heavy atom. The highest BCUT2D eigenvalue weighted by atomic mass is 35.5. The molecule has 0 amide bonds. The van der Waals surface area contributed by atoms with Crippen LogP contribution in [0.5, 0.6) is 0 Å². The van der Waals surface area contributed by atoms with Crippen LogP contribution in [0.1, 0.15) is 22.9 Å². The van der Waals surface area contributed by atoms with E-state index in [1.165, 1.54) is 12.1 Å². The Balaban J connectivity index is 1.90. The first kappa shape index (κ1) is 15.0. The fourth-order valence-corrected chi connectivity index (χ4v) is 2.02. The Kier molecular flexibility index (Phi) is 4.75. The molecule has 20 heavy (non-hydrogen) atoms. The van der Waals surface area contributed by atoms with Gasteiger partial charge in [-0.2, -0.15) is 5.10 Å². The fraction of sp³-hybridized carbons (Fsp3) is 0.357. The number of aromatic nitrogens is 2. The highest BCUT2D eigenvalue weighted by Gasteiger charge is 2.10. The van der Waals surface area contributed by atoms with Crippen LogP contribution in [0, 0.1) is 12.7 Å². The summed E-state index contributed by atoms with van der Waals surface area (Å²) in [5.74, 6) is -0.522. The molecule has 0 bridgehead atoms. The molecular formula is C14H17ClFN3O. The summed E-state index contributed by atoms with van der Waals surface area (Å²) in [5.41, 5.74) is 2.65. The minimum absolute atomic E-state index is 0.0555. The zero-order chi connectivity index (χ0) is 14.7. The Morgan fingerprint density at radius 1 is 1.50 bits per heavy atom. The van der Waals surface area contributed by atoms with E-state index < -0.39 is 11.9 Å². The standard InChI is InChI=1S/C14H17ClFN3O/c1-9-11(7-18-19(9)2)6-17-8-14(20)10-3-4-12(15)13(16)5-10/h3-5,7,14,17,20H,6,8H2,1-2H3. The summed E-state index contributed by atoms with van der Waals surface area (Å²) < 4.78 is 15.1. The van der Waals surface area contributed by atoms with Gasteiger partial charge < -0.3 is 10.4 Å². The van der Waals surface area contributed by atoms with Crippen LogP contribution in [0.3, 0.4) is 0 Å². The highest BCUT2D eigenvalue weighted by Crippen LogP contribution is 2.20. The average Bonchev–Trinajstić information content (AvgIpc) is 2.73. The molecule has 1 aromatic heterocycles. The fourth-order valence-electron chi connectivity index (χ4n) is 1.90. The molecule has 2 rings (SSSR count). The lowest BCUT2D eigenvalue weighted by atomic mass is 10.1. The molecule has 2 N–H and O–H groups in total. The van der Waals surface area contributed by atoms with Crippen molar-refractivity contribution in [3.8, 4) is 0 Å². The van der Waals surface area contributed by atoms with Gasteiger partial charge in [0.1, 0.15) is 5.82 Å². The maximum atomic E-state index is 13.3. The first-order chi connectivity index (χ1) is 9.49. The molecule has 1 heterocycles. The molecule has 2 aromatic rings. The molecule has 0 radical (unpaired) electrons. The number of hydrogen-bond acceptors (Lipinski definition) is 3. The second-order valence-corrected chi connectivity index (χ2v) is 5.11. The van der Waals surface area contributed by atoms with E-state index in [4.69, 9.17) is 11.6 Å². The molecule has 0 aliphatic rings. The van der Waals surface area contributed by atoms with E-state index in [1.54, 1.807) is 16.9 Å². The van der Waals surface area contributed by atoms with Gasteiger partial charge in [0.2, 0.25) is 0 Å². The van der Waals surface area contributed by atoms with Crippen molar-refractivity contribution in [3.63, 3.8) is 0 Å². The summed E-state index contributed by atoms with van der Waals surface area (Å²) in [6, 6.07) is 4.32. The molecular weight excluding hydrogens is 281 g/mol. The molecule has 0 spiro atoms. The van der Waals surface area contributed by atoms with E-state index in [-0.39, 0.29) is 5.02 Å². The molecule has 1 aromatic carbocycles. The van der Waals surface area contributed by atoms with Gasteiger partial charge in [-0.25, -0.2) is 4.39 Å². The van der Waals surface area contributed by atoms with E-state index in [9.17, 15) is 9.50 Å². The van der Waals surface area contributed by atoms with Gasteiger partial charge in [-0.1, -0.05) is 17.7 Å². The molecule has 0 fully saturated rings. The lowest BCUT2D eigenvalue weighted by molar-refractivity contribution is 0.174. The third-order valence-electron chi connectivity index (χ3n) is 3.32. The van der Waals surface area contributed by atoms with Gasteiger partial charge in [-0.3, -0.25) is 4.68 Å². The smallest absolute Gasteiger partial charge is 0.142 e. The van der Waals surface area contributed by atoms with Crippen molar-refractivity contribution in [3.05, 3.63) is 52.1 Å². The third-order valence-corrected chi connectivity index (χ3v) is 3.63. The number of aliphatic hydroxyl groups excluding tert-OH is 1. The second-order valence-electron chi connectivity index (χ2n) is 4.70. The van der Waals surface area contributed by atoms with E-state index in [1.807, 2.05) is 14.0 Å². The molecule has 4 nitrogen and oxygen atoms in total. The van der Waals surface area contributed by atoms with E-state index in [2.05, 4.69) is 10.4 Å². The average molecular weight is 298 g/mol. The zero-order valence-corrected chi connectivity index (χ0v) is 12.2. The minimum Gasteiger partial charge on any atom is -0.387 e. The van der Waals surface area contributed by atoms with Crippen LogP contribution in [0.15, 0.2) is 24.4 Å². The monoisotopic (exact) mass is 297 g/mol. The first-order valence-electron chi connectivity index (χ1n) is 6.30. The minimum atomic E-state index is -0.779. The largest absolute Gasteiger partial charge is 0.387 e. The van der Waals surface area contributed by atoms with Crippen LogP contribution in [-0.2, 0) is 13.6 Å². The topological polar surface area (TPSA) is 50.1 Å². The van der Waals surface area contributed by atoms with Gasteiger partial charge in [0.15, 0.2) is 0 Å². The van der Waals surface area contributed by atoms with Crippen molar-refractivity contribution >= 4 is 11.6 Å². The maximum Gasteiger partial charge on any atom is 0.142 e. The van der Waals surface area contributed by atoms with Gasteiger partial charge in [0, 0.05) is 31.4 Å². The lowest BCUT2D eigenvalue weighted by Gasteiger charge is -2.12. The van der Waals surface area contributed by atoms with Crippen molar-refractivity contribution in [1.29, 1.82) is 0 Å². The van der Waals surface area contributed by atoms with E-state index >= 15 is 0 Å². The third kappa shape index (κ3) is 3.36. The number of hydrogen-bond donors (Lipinski definition) is 2. The summed E-state index contributed by atoms with van der Waals surface area (Å²) in [6.07, 6.45) is 1.01. The van der Waals surface area contributed by atoms with Crippen molar-refractivity contribution in [2.45, 2.75) is 19.6 Å². The predicted molar refractivity (Wildman–Crippen MR) is 76.0 cm³/mol. The molecule has 1 unspecified atom stereocenters. The Morgan fingerprint density at radius 2 is 2.25 bits per heavy atom. The van der Waals surface area contributed by atoms with Gasteiger partial charge in [0.25, 0.3) is 0 Å². The molecule has 0 aliphatic heterocycles. The number of benzene rings is 1. The highest BCUT2D eigenvalue weighted by molar-refractivity contribution is 6.30. The summed E-state index contributed by atoms with van der Waals surface area (Å²) in [6.45, 7) is 2.91. The number of halogens is 2. The Hall–Kier alpha value is -1.43. The SMILES string of the molecule is Cc1c(CNCC(O)c2ccc(Cl)c(F)c2)cnn1C. The molecule has 6 heteroatoms. The zero-order valence-electron chi connectivity index (χ0n) is 11.4. The molecule has 108 valence electrons. The number of nitrogens with one attached hydrogen (secondary N) is 1. The summed E-state index contributed by atoms with van der Waals surface area (Å²) in [7, 11) is 1.88. The van der Waals surface area contributed by atoms with Crippen molar-refractivity contribution < 1.29 is 9.50 Å². The number of nitrogens with zero attached hydrogens (tertiary/aromatic N) is 2. The van der Waals surface area contributed by atoms with E-state index in [0.29, 0.717) is 18.7 Å². The molecule has 0 saturated carbocycles. The van der Waals surface area contributed by atoms with Crippen LogP contribution >= 0.6 is 11.6 Å². The second kappa shape index (κ2) is 6.35. The van der Waals surface area contributed by atoms with Gasteiger partial charge in [-0.05, 0) is 24.6 Å².